The van der Waals surface area contributed by atoms with Crippen molar-refractivity contribution in [3.05, 3.63) is 27.6 Å². The number of H-pyrrole nitrogens is 2. The van der Waals surface area contributed by atoms with Crippen LogP contribution >= 0.6 is 15.9 Å². The third-order valence-corrected chi connectivity index (χ3v) is 3.29. The summed E-state index contributed by atoms with van der Waals surface area (Å²) in [4.78, 5) is 11.9. The van der Waals surface area contributed by atoms with Gasteiger partial charge in [0.15, 0.2) is 5.82 Å². The second-order valence-corrected chi connectivity index (χ2v) is 4.37. The molecule has 1 amide bonds. The van der Waals surface area contributed by atoms with Gasteiger partial charge in [-0.05, 0) is 29.3 Å². The van der Waals surface area contributed by atoms with Crippen molar-refractivity contribution < 1.29 is 4.79 Å². The van der Waals surface area contributed by atoms with E-state index in [1.807, 2.05) is 6.92 Å². The number of anilines is 1. The molecule has 0 fully saturated rings. The Bertz CT molecular complexity index is 545. The van der Waals surface area contributed by atoms with Crippen LogP contribution in [0.3, 0.4) is 0 Å². The minimum atomic E-state index is -0.230. The first-order valence-electron chi connectivity index (χ1n) is 5.17. The molecule has 0 radical (unpaired) electrons. The third kappa shape index (κ3) is 2.23. The minimum absolute atomic E-state index is 0.230. The van der Waals surface area contributed by atoms with Crippen LogP contribution in [0.5, 0.6) is 0 Å². The van der Waals surface area contributed by atoms with Crippen molar-refractivity contribution >= 4 is 27.7 Å². The molecule has 3 N–H and O–H groups in total. The van der Waals surface area contributed by atoms with E-state index in [1.54, 1.807) is 6.92 Å². The fraction of sp³-hybridized carbons (Fsp3) is 0.300. The summed E-state index contributed by atoms with van der Waals surface area (Å²) < 4.78 is 0.787. The number of aryl methyl sites for hydroxylation is 2. The highest BCUT2D eigenvalue weighted by Crippen LogP contribution is 2.24. The molecule has 2 aromatic heterocycles. The lowest BCUT2D eigenvalue weighted by Gasteiger charge is -2.01. The summed E-state index contributed by atoms with van der Waals surface area (Å²) in [6.07, 6.45) is 2.31. The first-order chi connectivity index (χ1) is 8.13. The van der Waals surface area contributed by atoms with Gasteiger partial charge in [-0.2, -0.15) is 10.2 Å². The maximum atomic E-state index is 11.9. The molecule has 2 heterocycles. The Morgan fingerprint density at radius 1 is 1.53 bits per heavy atom. The number of halogens is 1. The zero-order valence-corrected chi connectivity index (χ0v) is 11.1. The summed E-state index contributed by atoms with van der Waals surface area (Å²) in [5.41, 5.74) is 2.19. The monoisotopic (exact) mass is 297 g/mol. The van der Waals surface area contributed by atoms with Crippen LogP contribution in [0, 0.1) is 6.92 Å². The lowest BCUT2D eigenvalue weighted by molar-refractivity contribution is 0.102. The molecule has 0 bridgehead atoms. The maximum absolute atomic E-state index is 11.9. The van der Waals surface area contributed by atoms with Crippen molar-refractivity contribution in [2.45, 2.75) is 20.3 Å². The molecule has 6 nitrogen and oxygen atoms in total. The van der Waals surface area contributed by atoms with E-state index < -0.39 is 0 Å². The summed E-state index contributed by atoms with van der Waals surface area (Å²) in [5, 5.41) is 16.1. The highest BCUT2D eigenvalue weighted by Gasteiger charge is 2.15. The molecule has 2 rings (SSSR count). The van der Waals surface area contributed by atoms with E-state index in [-0.39, 0.29) is 5.91 Å². The van der Waals surface area contributed by atoms with Crippen molar-refractivity contribution in [1.82, 2.24) is 20.4 Å². The van der Waals surface area contributed by atoms with Crippen molar-refractivity contribution in [3.63, 3.8) is 0 Å². The molecular weight excluding hydrogens is 286 g/mol. The van der Waals surface area contributed by atoms with E-state index in [1.165, 1.54) is 6.20 Å². The van der Waals surface area contributed by atoms with E-state index in [2.05, 4.69) is 41.6 Å². The standard InChI is InChI=1S/C10H12BrN5O/c1-3-7-8(11)9(16-15-7)13-10(17)6-4-12-14-5(6)2/h4H,3H2,1-2H3,(H,12,14)(H2,13,15,16,17). The van der Waals surface area contributed by atoms with Gasteiger partial charge in [-0.15, -0.1) is 0 Å². The molecule has 90 valence electrons. The van der Waals surface area contributed by atoms with Gasteiger partial charge in [0.25, 0.3) is 5.91 Å². The maximum Gasteiger partial charge on any atom is 0.260 e. The number of aromatic amines is 2. The Kier molecular flexibility index (Phi) is 3.28. The average Bonchev–Trinajstić information content (AvgIpc) is 2.87. The van der Waals surface area contributed by atoms with Crippen LogP contribution in [0.1, 0.15) is 28.7 Å². The lowest BCUT2D eigenvalue weighted by atomic mass is 10.2. The van der Waals surface area contributed by atoms with Crippen molar-refractivity contribution in [2.75, 3.05) is 5.32 Å². The molecule has 0 saturated carbocycles. The number of carbonyl (C=O) groups excluding carboxylic acids is 1. The average molecular weight is 298 g/mol. The Hall–Kier alpha value is -1.63. The molecular formula is C10H12BrN5O. The highest BCUT2D eigenvalue weighted by molar-refractivity contribution is 9.10. The van der Waals surface area contributed by atoms with E-state index in [4.69, 9.17) is 0 Å². The number of amides is 1. The molecule has 0 spiro atoms. The second-order valence-electron chi connectivity index (χ2n) is 3.58. The molecule has 7 heteroatoms. The van der Waals surface area contributed by atoms with E-state index in [0.29, 0.717) is 11.4 Å². The number of hydrogen-bond acceptors (Lipinski definition) is 3. The van der Waals surface area contributed by atoms with Crippen LogP contribution in [0.4, 0.5) is 5.82 Å². The van der Waals surface area contributed by atoms with Crippen LogP contribution < -0.4 is 5.32 Å². The Balaban J connectivity index is 2.19. The summed E-state index contributed by atoms with van der Waals surface area (Å²) in [5.74, 6) is 0.263. The van der Waals surface area contributed by atoms with Gasteiger partial charge in [-0.3, -0.25) is 15.0 Å². The predicted octanol–water partition coefficient (Wildman–Crippen LogP) is 2.02. The van der Waals surface area contributed by atoms with Gasteiger partial charge in [0, 0.05) is 5.69 Å². The first-order valence-corrected chi connectivity index (χ1v) is 5.96. The Labute approximate surface area is 106 Å². The smallest absolute Gasteiger partial charge is 0.260 e. The largest absolute Gasteiger partial charge is 0.304 e. The Morgan fingerprint density at radius 3 is 2.82 bits per heavy atom. The molecule has 17 heavy (non-hydrogen) atoms. The number of hydrogen-bond donors (Lipinski definition) is 3. The van der Waals surface area contributed by atoms with E-state index in [0.717, 1.165) is 22.3 Å². The van der Waals surface area contributed by atoms with Gasteiger partial charge in [0.05, 0.1) is 21.9 Å². The SMILES string of the molecule is CCc1[nH]nc(NC(=O)c2cn[nH]c2C)c1Br. The van der Waals surface area contributed by atoms with Crippen LogP contribution in [-0.2, 0) is 6.42 Å². The number of aromatic nitrogens is 4. The number of rotatable bonds is 3. The molecule has 0 aliphatic rings. The number of carbonyl (C=O) groups is 1. The van der Waals surface area contributed by atoms with E-state index >= 15 is 0 Å². The van der Waals surface area contributed by atoms with Gasteiger partial charge in [-0.1, -0.05) is 6.92 Å². The number of nitrogens with zero attached hydrogens (tertiary/aromatic N) is 2. The van der Waals surface area contributed by atoms with Gasteiger partial charge in [0.2, 0.25) is 0 Å². The molecule has 0 aliphatic carbocycles. The van der Waals surface area contributed by atoms with Gasteiger partial charge < -0.3 is 5.32 Å². The summed E-state index contributed by atoms with van der Waals surface area (Å²) in [6.45, 7) is 3.79. The summed E-state index contributed by atoms with van der Waals surface area (Å²) >= 11 is 3.39. The Morgan fingerprint density at radius 2 is 2.29 bits per heavy atom. The minimum Gasteiger partial charge on any atom is -0.304 e. The third-order valence-electron chi connectivity index (χ3n) is 2.44. The molecule has 2 aromatic rings. The fourth-order valence-electron chi connectivity index (χ4n) is 1.44. The van der Waals surface area contributed by atoms with Crippen molar-refractivity contribution in [2.24, 2.45) is 0 Å². The van der Waals surface area contributed by atoms with Gasteiger partial charge in [-0.25, -0.2) is 0 Å². The predicted molar refractivity (Wildman–Crippen MR) is 66.9 cm³/mol. The quantitative estimate of drug-likeness (QED) is 0.810. The zero-order valence-electron chi connectivity index (χ0n) is 9.47. The van der Waals surface area contributed by atoms with Gasteiger partial charge in [0.1, 0.15) is 0 Å². The summed E-state index contributed by atoms with van der Waals surface area (Å²) in [6, 6.07) is 0. The normalized spacial score (nSPS) is 10.5. The van der Waals surface area contributed by atoms with E-state index in [9.17, 15) is 4.79 Å². The molecule has 0 aliphatic heterocycles. The van der Waals surface area contributed by atoms with Crippen molar-refractivity contribution in [1.29, 1.82) is 0 Å². The molecule has 0 aromatic carbocycles. The fourth-order valence-corrected chi connectivity index (χ4v) is 1.99. The first kappa shape index (κ1) is 11.8. The van der Waals surface area contributed by atoms with Crippen LogP contribution in [0.2, 0.25) is 0 Å². The van der Waals surface area contributed by atoms with Crippen LogP contribution in [-0.4, -0.2) is 26.3 Å². The second kappa shape index (κ2) is 4.70. The molecule has 0 unspecified atom stereocenters. The molecule has 0 saturated heterocycles. The lowest BCUT2D eigenvalue weighted by Crippen LogP contribution is -2.13. The van der Waals surface area contributed by atoms with Crippen molar-refractivity contribution in [3.8, 4) is 0 Å². The molecule has 0 atom stereocenters. The van der Waals surface area contributed by atoms with Gasteiger partial charge >= 0.3 is 0 Å². The highest BCUT2D eigenvalue weighted by atomic mass is 79.9. The van der Waals surface area contributed by atoms with Crippen LogP contribution in [0.25, 0.3) is 0 Å². The zero-order chi connectivity index (χ0) is 12.4. The summed E-state index contributed by atoms with van der Waals surface area (Å²) in [7, 11) is 0. The topological polar surface area (TPSA) is 86.5 Å². The van der Waals surface area contributed by atoms with Crippen LogP contribution in [0.15, 0.2) is 10.7 Å². The number of nitrogens with one attached hydrogen (secondary N) is 3.